The van der Waals surface area contributed by atoms with E-state index >= 15 is 0 Å². The number of nitrogens with zero attached hydrogens (tertiary/aromatic N) is 2. The maximum atomic E-state index is 13.2. The highest BCUT2D eigenvalue weighted by atomic mass is 35.5. The van der Waals surface area contributed by atoms with Crippen molar-refractivity contribution < 1.29 is 27.5 Å². The van der Waals surface area contributed by atoms with Gasteiger partial charge in [-0.3, -0.25) is 9.59 Å². The Morgan fingerprint density at radius 1 is 0.889 bits per heavy atom. The minimum atomic E-state index is -4.46. The van der Waals surface area contributed by atoms with Crippen LogP contribution in [0.4, 0.5) is 13.2 Å². The Labute approximate surface area is 214 Å². The number of carbonyl (C=O) groups excluding carboxylic acids is 2. The number of hydrogen-bond acceptors (Lipinski definition) is 3. The Balaban J connectivity index is 1.52. The van der Waals surface area contributed by atoms with Gasteiger partial charge < -0.3 is 14.5 Å². The molecule has 2 aliphatic heterocycles. The zero-order valence-corrected chi connectivity index (χ0v) is 20.8. The topological polar surface area (TPSA) is 49.9 Å². The summed E-state index contributed by atoms with van der Waals surface area (Å²) in [4.78, 5) is 30.0. The van der Waals surface area contributed by atoms with Gasteiger partial charge in [0.15, 0.2) is 0 Å². The average molecular weight is 523 g/mol. The first-order valence-corrected chi connectivity index (χ1v) is 12.7. The van der Waals surface area contributed by atoms with Gasteiger partial charge in [0.05, 0.1) is 12.2 Å². The number of alkyl halides is 3. The fourth-order valence-corrected chi connectivity index (χ4v) is 5.15. The number of likely N-dealkylation sites (tertiary alicyclic amines) is 2. The molecule has 2 saturated heterocycles. The Morgan fingerprint density at radius 3 is 2.17 bits per heavy atom. The van der Waals surface area contributed by atoms with Crippen molar-refractivity contribution >= 4 is 23.4 Å². The molecule has 0 radical (unpaired) electrons. The van der Waals surface area contributed by atoms with Gasteiger partial charge in [0, 0.05) is 48.6 Å². The van der Waals surface area contributed by atoms with Gasteiger partial charge in [0.2, 0.25) is 5.91 Å². The van der Waals surface area contributed by atoms with Crippen molar-refractivity contribution in [1.29, 1.82) is 0 Å². The van der Waals surface area contributed by atoms with Crippen molar-refractivity contribution in [3.8, 4) is 5.75 Å². The van der Waals surface area contributed by atoms with Crippen LogP contribution in [0.25, 0.3) is 0 Å². The molecular formula is C27H30ClF3N2O3. The van der Waals surface area contributed by atoms with E-state index in [-0.39, 0.29) is 30.4 Å². The third kappa shape index (κ3) is 6.52. The lowest BCUT2D eigenvalue weighted by atomic mass is 9.77. The van der Waals surface area contributed by atoms with E-state index in [4.69, 9.17) is 16.3 Å². The summed E-state index contributed by atoms with van der Waals surface area (Å²) < 4.78 is 44.9. The summed E-state index contributed by atoms with van der Waals surface area (Å²) in [6.07, 6.45) is 0.245. The van der Waals surface area contributed by atoms with Crippen molar-refractivity contribution in [1.82, 2.24) is 9.80 Å². The summed E-state index contributed by atoms with van der Waals surface area (Å²) in [6, 6.07) is 11.2. The molecule has 0 aromatic heterocycles. The Kier molecular flexibility index (Phi) is 8.13. The van der Waals surface area contributed by atoms with Crippen LogP contribution in [0.15, 0.2) is 48.5 Å². The van der Waals surface area contributed by atoms with Gasteiger partial charge in [0.25, 0.3) is 5.91 Å². The highest BCUT2D eigenvalue weighted by molar-refractivity contribution is 6.30. The first kappa shape index (κ1) is 26.3. The minimum absolute atomic E-state index is 0.0539. The van der Waals surface area contributed by atoms with E-state index in [1.54, 1.807) is 29.2 Å². The second-order valence-corrected chi connectivity index (χ2v) is 10.2. The minimum Gasteiger partial charge on any atom is -0.493 e. The predicted molar refractivity (Wildman–Crippen MR) is 131 cm³/mol. The quantitative estimate of drug-likeness (QED) is 0.463. The summed E-state index contributed by atoms with van der Waals surface area (Å²) in [5.74, 6) is 0.332. The zero-order chi connectivity index (χ0) is 25.8. The molecule has 2 aromatic carbocycles. The second kappa shape index (κ2) is 11.1. The Hall–Kier alpha value is -2.74. The van der Waals surface area contributed by atoms with Crippen molar-refractivity contribution in [2.24, 2.45) is 5.41 Å². The molecule has 2 aliphatic rings. The molecule has 0 spiro atoms. The molecule has 2 amide bonds. The number of piperidine rings is 2. The van der Waals surface area contributed by atoms with Gasteiger partial charge in [-0.1, -0.05) is 11.6 Å². The van der Waals surface area contributed by atoms with E-state index < -0.39 is 17.2 Å². The molecule has 9 heteroatoms. The molecular weight excluding hydrogens is 493 g/mol. The summed E-state index contributed by atoms with van der Waals surface area (Å²) in [6.45, 7) is 2.48. The van der Waals surface area contributed by atoms with Gasteiger partial charge in [0.1, 0.15) is 5.75 Å². The molecule has 1 atom stereocenters. The molecule has 194 valence electrons. The van der Waals surface area contributed by atoms with Crippen LogP contribution in [-0.4, -0.2) is 54.4 Å². The van der Waals surface area contributed by atoms with Crippen molar-refractivity contribution in [2.45, 2.75) is 44.7 Å². The van der Waals surface area contributed by atoms with E-state index in [9.17, 15) is 22.8 Å². The molecule has 0 bridgehead atoms. The molecule has 5 nitrogen and oxygen atoms in total. The van der Waals surface area contributed by atoms with Crippen LogP contribution < -0.4 is 4.74 Å². The average Bonchev–Trinajstić information content (AvgIpc) is 2.88. The summed E-state index contributed by atoms with van der Waals surface area (Å²) in [5.41, 5.74) is -1.20. The molecule has 0 N–H and O–H groups in total. The number of benzene rings is 2. The molecule has 2 aromatic rings. The number of amides is 2. The van der Waals surface area contributed by atoms with Crippen LogP contribution >= 0.6 is 11.6 Å². The van der Waals surface area contributed by atoms with Crippen LogP contribution in [0.2, 0.25) is 5.02 Å². The predicted octanol–water partition coefficient (Wildman–Crippen LogP) is 6.06. The van der Waals surface area contributed by atoms with Crippen LogP contribution in [0.1, 0.15) is 54.4 Å². The highest BCUT2D eigenvalue weighted by Gasteiger charge is 2.41. The second-order valence-electron chi connectivity index (χ2n) is 9.77. The van der Waals surface area contributed by atoms with E-state index in [1.165, 1.54) is 12.1 Å². The molecule has 0 saturated carbocycles. The van der Waals surface area contributed by atoms with Crippen LogP contribution in [0.3, 0.4) is 0 Å². The largest absolute Gasteiger partial charge is 0.493 e. The summed E-state index contributed by atoms with van der Waals surface area (Å²) in [7, 11) is 0. The van der Waals surface area contributed by atoms with Crippen LogP contribution in [0.5, 0.6) is 5.75 Å². The Morgan fingerprint density at radius 2 is 1.53 bits per heavy atom. The zero-order valence-electron chi connectivity index (χ0n) is 20.0. The lowest BCUT2D eigenvalue weighted by Gasteiger charge is -2.43. The SMILES string of the molecule is O=C(C[C@@]1(COc2ccc(Cl)cc2)CCCN(C(=O)c2ccc(C(F)(F)F)cc2)C1)N1CCCCC1. The van der Waals surface area contributed by atoms with Crippen LogP contribution in [-0.2, 0) is 11.0 Å². The Bertz CT molecular complexity index is 1050. The monoisotopic (exact) mass is 522 g/mol. The molecule has 0 aliphatic carbocycles. The van der Waals surface area contributed by atoms with E-state index in [0.717, 1.165) is 44.5 Å². The third-order valence-corrected chi connectivity index (χ3v) is 7.25. The van der Waals surface area contributed by atoms with Gasteiger partial charge >= 0.3 is 6.18 Å². The fraction of sp³-hybridized carbons (Fsp3) is 0.481. The first-order chi connectivity index (χ1) is 17.2. The number of rotatable bonds is 6. The van der Waals surface area contributed by atoms with Crippen molar-refractivity contribution in [3.05, 3.63) is 64.7 Å². The molecule has 0 unspecified atom stereocenters. The number of ether oxygens (including phenoxy) is 1. The number of hydrogen-bond donors (Lipinski definition) is 0. The maximum absolute atomic E-state index is 13.2. The summed E-state index contributed by atoms with van der Waals surface area (Å²) in [5, 5.41) is 0.586. The standard InChI is InChI=1S/C27H30ClF3N2O3/c28-22-9-11-23(12-10-22)36-19-26(17-24(34)32-14-2-1-3-15-32)13-4-16-33(18-26)25(35)20-5-7-21(8-6-20)27(29,30)31/h5-12H,1-4,13-19H2/t26-/m0/s1. The normalized spacial score (nSPS) is 20.8. The highest BCUT2D eigenvalue weighted by Crippen LogP contribution is 2.37. The van der Waals surface area contributed by atoms with Gasteiger partial charge in [-0.2, -0.15) is 13.2 Å². The molecule has 2 heterocycles. The first-order valence-electron chi connectivity index (χ1n) is 12.3. The molecule has 2 fully saturated rings. The molecule has 36 heavy (non-hydrogen) atoms. The van der Waals surface area contributed by atoms with Crippen molar-refractivity contribution in [2.75, 3.05) is 32.8 Å². The maximum Gasteiger partial charge on any atom is 0.416 e. The van der Waals surface area contributed by atoms with Gasteiger partial charge in [-0.15, -0.1) is 0 Å². The molecule has 4 rings (SSSR count). The van der Waals surface area contributed by atoms with Crippen LogP contribution in [0, 0.1) is 5.41 Å². The summed E-state index contributed by atoms with van der Waals surface area (Å²) >= 11 is 5.98. The van der Waals surface area contributed by atoms with E-state index in [1.807, 2.05) is 4.90 Å². The van der Waals surface area contributed by atoms with E-state index in [0.29, 0.717) is 36.7 Å². The van der Waals surface area contributed by atoms with Gasteiger partial charge in [-0.05, 0) is 80.6 Å². The number of carbonyl (C=O) groups is 2. The number of halogens is 4. The van der Waals surface area contributed by atoms with E-state index in [2.05, 4.69) is 0 Å². The lowest BCUT2D eigenvalue weighted by Crippen LogP contribution is -2.51. The lowest BCUT2D eigenvalue weighted by molar-refractivity contribution is -0.137. The third-order valence-electron chi connectivity index (χ3n) is 7.00. The van der Waals surface area contributed by atoms with Gasteiger partial charge in [-0.25, -0.2) is 0 Å². The van der Waals surface area contributed by atoms with Crippen molar-refractivity contribution in [3.63, 3.8) is 0 Å². The smallest absolute Gasteiger partial charge is 0.416 e. The fourth-order valence-electron chi connectivity index (χ4n) is 5.02.